The van der Waals surface area contributed by atoms with Gasteiger partial charge in [-0.25, -0.2) is 0 Å². The van der Waals surface area contributed by atoms with Gasteiger partial charge in [0.2, 0.25) is 5.69 Å². The number of benzene rings is 2. The quantitative estimate of drug-likeness (QED) is 0.451. The molecule has 120 valence electrons. The van der Waals surface area contributed by atoms with Crippen LogP contribution < -0.4 is 4.57 Å². The zero-order valence-electron chi connectivity index (χ0n) is 14.6. The molecule has 1 aliphatic heterocycles. The van der Waals surface area contributed by atoms with Gasteiger partial charge in [-0.3, -0.25) is 0 Å². The lowest BCUT2D eigenvalue weighted by molar-refractivity contribution is -0.755. The SMILES string of the molecule is Cc1cc2[n+](cc1-c1ccccc1)C1(C)C=CC13Cc1cccc-2c13. The number of pyridine rings is 1. The summed E-state index contributed by atoms with van der Waals surface area (Å²) in [7, 11) is 0. The van der Waals surface area contributed by atoms with E-state index in [1.807, 2.05) is 0 Å². The second-order valence-corrected chi connectivity index (χ2v) is 7.96. The number of nitrogens with zero attached hydrogens (tertiary/aromatic N) is 1. The van der Waals surface area contributed by atoms with Gasteiger partial charge in [0.1, 0.15) is 0 Å². The van der Waals surface area contributed by atoms with Crippen molar-refractivity contribution in [1.29, 1.82) is 0 Å². The molecular weight excluding hydrogens is 302 g/mol. The second-order valence-electron chi connectivity index (χ2n) is 7.96. The van der Waals surface area contributed by atoms with Crippen LogP contribution in [0.25, 0.3) is 22.4 Å². The first-order chi connectivity index (χ1) is 12.1. The average molecular weight is 322 g/mol. The molecule has 2 heterocycles. The minimum absolute atomic E-state index is 0.0565. The normalized spacial score (nSPS) is 26.8. The smallest absolute Gasteiger partial charge is 0.188 e. The summed E-state index contributed by atoms with van der Waals surface area (Å²) in [5.74, 6) is 0. The molecule has 0 saturated heterocycles. The van der Waals surface area contributed by atoms with Crippen molar-refractivity contribution in [2.75, 3.05) is 0 Å². The average Bonchev–Trinajstić information content (AvgIpc) is 2.60. The van der Waals surface area contributed by atoms with Crippen LogP contribution in [0.3, 0.4) is 0 Å². The van der Waals surface area contributed by atoms with E-state index in [9.17, 15) is 0 Å². The standard InChI is InChI=1S/C24H20N/c1-16-13-21-19-10-6-9-18-14-24(22(18)19)12-11-23(24,2)25(21)15-20(16)17-7-4-3-5-8-17/h3-13,15H,14H2,1-2H3/q+1. The van der Waals surface area contributed by atoms with Gasteiger partial charge in [0.15, 0.2) is 11.7 Å². The third-order valence-electron chi connectivity index (χ3n) is 6.82. The van der Waals surface area contributed by atoms with E-state index in [1.165, 1.54) is 39.9 Å². The van der Waals surface area contributed by atoms with Crippen LogP contribution in [0.2, 0.25) is 0 Å². The van der Waals surface area contributed by atoms with Crippen molar-refractivity contribution in [3.05, 3.63) is 89.6 Å². The Labute approximate surface area is 148 Å². The van der Waals surface area contributed by atoms with Crippen LogP contribution in [0, 0.1) is 6.92 Å². The van der Waals surface area contributed by atoms with Crippen molar-refractivity contribution in [2.45, 2.75) is 31.2 Å². The highest BCUT2D eigenvalue weighted by molar-refractivity contribution is 5.77. The first-order valence-corrected chi connectivity index (χ1v) is 9.09. The van der Waals surface area contributed by atoms with Crippen LogP contribution in [-0.4, -0.2) is 0 Å². The fraction of sp³-hybridized carbons (Fsp3) is 0.208. The summed E-state index contributed by atoms with van der Waals surface area (Å²) < 4.78 is 2.54. The zero-order valence-corrected chi connectivity index (χ0v) is 14.6. The van der Waals surface area contributed by atoms with E-state index in [0.717, 1.165) is 0 Å². The fourth-order valence-corrected chi connectivity index (χ4v) is 5.33. The molecule has 1 spiro atoms. The molecular formula is C24H20N+. The van der Waals surface area contributed by atoms with Crippen LogP contribution in [0.5, 0.6) is 0 Å². The number of aryl methyl sites for hydroxylation is 1. The van der Waals surface area contributed by atoms with Gasteiger partial charge < -0.3 is 0 Å². The van der Waals surface area contributed by atoms with E-state index in [0.29, 0.717) is 0 Å². The molecule has 2 aromatic carbocycles. The fourth-order valence-electron chi connectivity index (χ4n) is 5.33. The summed E-state index contributed by atoms with van der Waals surface area (Å²) in [4.78, 5) is 0. The maximum absolute atomic E-state index is 2.54. The Balaban J connectivity index is 1.70. The molecule has 0 radical (unpaired) electrons. The Hall–Kier alpha value is -2.67. The molecule has 25 heavy (non-hydrogen) atoms. The largest absolute Gasteiger partial charge is 0.213 e. The number of rotatable bonds is 1. The van der Waals surface area contributed by atoms with E-state index in [1.54, 1.807) is 5.56 Å². The molecule has 6 rings (SSSR count). The van der Waals surface area contributed by atoms with Crippen molar-refractivity contribution in [3.8, 4) is 22.4 Å². The van der Waals surface area contributed by atoms with Crippen LogP contribution in [0.1, 0.15) is 23.6 Å². The summed E-state index contributed by atoms with van der Waals surface area (Å²) >= 11 is 0. The molecule has 0 saturated carbocycles. The van der Waals surface area contributed by atoms with Crippen LogP contribution in [0.4, 0.5) is 0 Å². The van der Waals surface area contributed by atoms with E-state index in [4.69, 9.17) is 0 Å². The molecule has 3 aliphatic rings. The van der Waals surface area contributed by atoms with Crippen molar-refractivity contribution < 1.29 is 4.57 Å². The van der Waals surface area contributed by atoms with Gasteiger partial charge in [0.05, 0.1) is 11.0 Å². The van der Waals surface area contributed by atoms with Gasteiger partial charge in [-0.1, -0.05) is 48.5 Å². The minimum Gasteiger partial charge on any atom is -0.188 e. The lowest BCUT2D eigenvalue weighted by Gasteiger charge is -2.57. The van der Waals surface area contributed by atoms with Crippen LogP contribution >= 0.6 is 0 Å². The highest BCUT2D eigenvalue weighted by Crippen LogP contribution is 2.61. The Morgan fingerprint density at radius 3 is 2.52 bits per heavy atom. The Morgan fingerprint density at radius 2 is 1.76 bits per heavy atom. The molecule has 1 nitrogen and oxygen atoms in total. The molecule has 3 aromatic rings. The van der Waals surface area contributed by atoms with Crippen molar-refractivity contribution in [2.24, 2.45) is 0 Å². The highest BCUT2D eigenvalue weighted by Gasteiger charge is 2.68. The summed E-state index contributed by atoms with van der Waals surface area (Å²) in [5.41, 5.74) is 10.1. The van der Waals surface area contributed by atoms with Gasteiger partial charge in [-0.05, 0) is 47.7 Å². The van der Waals surface area contributed by atoms with E-state index < -0.39 is 0 Å². The molecule has 0 amide bonds. The number of hydrogen-bond acceptors (Lipinski definition) is 0. The van der Waals surface area contributed by atoms with E-state index in [2.05, 4.69) is 91.4 Å². The monoisotopic (exact) mass is 322 g/mol. The van der Waals surface area contributed by atoms with Crippen molar-refractivity contribution in [3.63, 3.8) is 0 Å². The summed E-state index contributed by atoms with van der Waals surface area (Å²) in [6, 6.07) is 20.0. The molecule has 1 aromatic heterocycles. The van der Waals surface area contributed by atoms with Crippen LogP contribution in [-0.2, 0) is 17.4 Å². The zero-order chi connectivity index (χ0) is 16.8. The number of aromatic nitrogens is 1. The van der Waals surface area contributed by atoms with Gasteiger partial charge in [0.25, 0.3) is 0 Å². The third kappa shape index (κ3) is 1.37. The molecule has 0 N–H and O–H groups in total. The van der Waals surface area contributed by atoms with E-state index in [-0.39, 0.29) is 11.0 Å². The second kappa shape index (κ2) is 4.11. The molecule has 2 atom stereocenters. The molecule has 2 aliphatic carbocycles. The predicted molar refractivity (Wildman–Crippen MR) is 100 cm³/mol. The maximum atomic E-state index is 2.54. The van der Waals surface area contributed by atoms with E-state index >= 15 is 0 Å². The molecule has 0 fully saturated rings. The first kappa shape index (κ1) is 13.6. The predicted octanol–water partition coefficient (Wildman–Crippen LogP) is 4.71. The lowest BCUT2D eigenvalue weighted by atomic mass is 9.46. The molecule has 1 heteroatoms. The van der Waals surface area contributed by atoms with Crippen molar-refractivity contribution >= 4 is 0 Å². The first-order valence-electron chi connectivity index (χ1n) is 9.09. The number of allylic oxidation sites excluding steroid dienone is 2. The summed E-state index contributed by atoms with van der Waals surface area (Å²) in [6.07, 6.45) is 8.40. The van der Waals surface area contributed by atoms with Gasteiger partial charge >= 0.3 is 0 Å². The highest BCUT2D eigenvalue weighted by atomic mass is 15.1. The molecule has 0 bridgehead atoms. The Morgan fingerprint density at radius 1 is 0.920 bits per heavy atom. The van der Waals surface area contributed by atoms with Gasteiger partial charge in [0, 0.05) is 18.6 Å². The molecule has 2 unspecified atom stereocenters. The topological polar surface area (TPSA) is 3.88 Å². The Kier molecular flexibility index (Phi) is 2.23. The maximum Gasteiger partial charge on any atom is 0.213 e. The van der Waals surface area contributed by atoms with Crippen LogP contribution in [0.15, 0.2) is 72.9 Å². The Bertz CT molecular complexity index is 1090. The van der Waals surface area contributed by atoms with Crippen molar-refractivity contribution in [1.82, 2.24) is 0 Å². The number of fused-ring (bicyclic) bond motifs is 3. The summed E-state index contributed by atoms with van der Waals surface area (Å²) in [5, 5.41) is 0. The number of hydrogen-bond donors (Lipinski definition) is 0. The summed E-state index contributed by atoms with van der Waals surface area (Å²) in [6.45, 7) is 4.64. The lowest BCUT2D eigenvalue weighted by Crippen LogP contribution is -2.74. The van der Waals surface area contributed by atoms with Gasteiger partial charge in [-0.2, -0.15) is 4.57 Å². The van der Waals surface area contributed by atoms with Gasteiger partial charge in [-0.15, -0.1) is 0 Å². The third-order valence-corrected chi connectivity index (χ3v) is 6.82. The minimum atomic E-state index is 0.0565.